The Labute approximate surface area is 153 Å². The van der Waals surface area contributed by atoms with Gasteiger partial charge in [0.1, 0.15) is 11.7 Å². The van der Waals surface area contributed by atoms with Crippen molar-refractivity contribution in [2.75, 3.05) is 30.4 Å². The van der Waals surface area contributed by atoms with Crippen molar-refractivity contribution >= 4 is 39.6 Å². The summed E-state index contributed by atoms with van der Waals surface area (Å²) >= 11 is 3.53. The molecule has 0 aliphatic carbocycles. The minimum absolute atomic E-state index is 0.252. The zero-order chi connectivity index (χ0) is 17.8. The van der Waals surface area contributed by atoms with Crippen molar-refractivity contribution in [2.24, 2.45) is 4.99 Å². The first-order valence-electron chi connectivity index (χ1n) is 7.78. The zero-order valence-corrected chi connectivity index (χ0v) is 15.2. The van der Waals surface area contributed by atoms with E-state index in [1.807, 2.05) is 23.1 Å². The van der Waals surface area contributed by atoms with E-state index in [2.05, 4.69) is 26.2 Å². The standard InChI is InChI=1S/C18H17BrFN3O2/c1-21-15-6-3-5-14(20)17(15)18(22-11-24)23-8-9-25-10-12-13(19)4-2-7-16(12)23/h2-7,11,21H,8-10H2,1H3. The molecule has 0 atom stereocenters. The molecular weight excluding hydrogens is 389 g/mol. The fraction of sp³-hybridized carbons (Fsp3) is 0.222. The zero-order valence-electron chi connectivity index (χ0n) is 13.6. The summed E-state index contributed by atoms with van der Waals surface area (Å²) in [6.45, 7) is 1.31. The fourth-order valence-electron chi connectivity index (χ4n) is 2.89. The van der Waals surface area contributed by atoms with E-state index in [0.717, 1.165) is 15.7 Å². The molecule has 0 unspecified atom stereocenters. The van der Waals surface area contributed by atoms with Crippen LogP contribution in [-0.2, 0) is 16.1 Å². The van der Waals surface area contributed by atoms with Crippen LogP contribution in [0.1, 0.15) is 11.1 Å². The number of anilines is 2. The van der Waals surface area contributed by atoms with Gasteiger partial charge in [0, 0.05) is 35.0 Å². The summed E-state index contributed by atoms with van der Waals surface area (Å²) in [7, 11) is 1.70. The Morgan fingerprint density at radius 1 is 1.36 bits per heavy atom. The maximum absolute atomic E-state index is 14.6. The van der Waals surface area contributed by atoms with Crippen LogP contribution in [0.15, 0.2) is 45.9 Å². The number of rotatable bonds is 3. The van der Waals surface area contributed by atoms with Gasteiger partial charge in [-0.15, -0.1) is 0 Å². The van der Waals surface area contributed by atoms with Crippen molar-refractivity contribution in [3.8, 4) is 0 Å². The number of benzene rings is 2. The van der Waals surface area contributed by atoms with Crippen LogP contribution in [0.4, 0.5) is 15.8 Å². The van der Waals surface area contributed by atoms with Crippen molar-refractivity contribution in [2.45, 2.75) is 6.61 Å². The molecule has 3 rings (SSSR count). The van der Waals surface area contributed by atoms with Gasteiger partial charge in [0.2, 0.25) is 6.41 Å². The third kappa shape index (κ3) is 3.43. The van der Waals surface area contributed by atoms with Gasteiger partial charge in [-0.1, -0.05) is 28.1 Å². The van der Waals surface area contributed by atoms with Gasteiger partial charge in [0.05, 0.1) is 18.8 Å². The summed E-state index contributed by atoms with van der Waals surface area (Å²) in [6, 6.07) is 10.4. The highest BCUT2D eigenvalue weighted by Crippen LogP contribution is 2.33. The minimum Gasteiger partial charge on any atom is -0.387 e. The maximum Gasteiger partial charge on any atom is 0.234 e. The third-order valence-electron chi connectivity index (χ3n) is 4.03. The van der Waals surface area contributed by atoms with Crippen molar-refractivity contribution in [3.05, 3.63) is 57.8 Å². The SMILES string of the molecule is CNc1cccc(F)c1C(=NC=O)N1CCOCc2c(Br)cccc21. The number of carbonyl (C=O) groups is 1. The van der Waals surface area contributed by atoms with E-state index >= 15 is 0 Å². The predicted octanol–water partition coefficient (Wildman–Crippen LogP) is 3.57. The average Bonchev–Trinajstić information content (AvgIpc) is 2.83. The number of hydrogen-bond donors (Lipinski definition) is 1. The van der Waals surface area contributed by atoms with Crippen LogP contribution in [0.25, 0.3) is 0 Å². The lowest BCUT2D eigenvalue weighted by atomic mass is 10.1. The Hall–Kier alpha value is -2.25. The summed E-state index contributed by atoms with van der Waals surface area (Å²) in [5.74, 6) is -0.198. The molecule has 0 radical (unpaired) electrons. The molecule has 1 N–H and O–H groups in total. The molecule has 0 saturated carbocycles. The second-order valence-corrected chi connectivity index (χ2v) is 6.27. The second kappa shape index (κ2) is 7.76. The summed E-state index contributed by atoms with van der Waals surface area (Å²) in [6.07, 6.45) is 0.435. The Morgan fingerprint density at radius 3 is 2.92 bits per heavy atom. The van der Waals surface area contributed by atoms with Gasteiger partial charge in [-0.2, -0.15) is 4.99 Å². The molecule has 0 fully saturated rings. The highest BCUT2D eigenvalue weighted by atomic mass is 79.9. The van der Waals surface area contributed by atoms with Crippen LogP contribution < -0.4 is 10.2 Å². The Balaban J connectivity index is 2.20. The highest BCUT2D eigenvalue weighted by Gasteiger charge is 2.26. The topological polar surface area (TPSA) is 53.9 Å². The number of nitrogens with one attached hydrogen (secondary N) is 1. The maximum atomic E-state index is 14.6. The predicted molar refractivity (Wildman–Crippen MR) is 99.7 cm³/mol. The van der Waals surface area contributed by atoms with E-state index < -0.39 is 5.82 Å². The van der Waals surface area contributed by atoms with E-state index in [1.54, 1.807) is 19.2 Å². The van der Waals surface area contributed by atoms with Crippen LogP contribution in [0, 0.1) is 5.82 Å². The van der Waals surface area contributed by atoms with E-state index in [9.17, 15) is 9.18 Å². The lowest BCUT2D eigenvalue weighted by Crippen LogP contribution is -2.35. The monoisotopic (exact) mass is 405 g/mol. The number of carbonyl (C=O) groups excluding carboxylic acids is 1. The van der Waals surface area contributed by atoms with Gasteiger partial charge in [-0.25, -0.2) is 4.39 Å². The number of amidine groups is 1. The van der Waals surface area contributed by atoms with Crippen molar-refractivity contribution < 1.29 is 13.9 Å². The van der Waals surface area contributed by atoms with Crippen molar-refractivity contribution in [3.63, 3.8) is 0 Å². The first-order chi connectivity index (χ1) is 12.2. The molecule has 0 bridgehead atoms. The molecule has 0 saturated heterocycles. The van der Waals surface area contributed by atoms with Crippen LogP contribution >= 0.6 is 15.9 Å². The van der Waals surface area contributed by atoms with Crippen LogP contribution in [-0.4, -0.2) is 32.4 Å². The van der Waals surface area contributed by atoms with Crippen LogP contribution in [0.5, 0.6) is 0 Å². The fourth-order valence-corrected chi connectivity index (χ4v) is 3.36. The quantitative estimate of drug-likeness (QED) is 0.481. The molecule has 25 heavy (non-hydrogen) atoms. The molecule has 1 aliphatic rings. The molecule has 7 heteroatoms. The molecule has 1 heterocycles. The second-order valence-electron chi connectivity index (χ2n) is 5.41. The van der Waals surface area contributed by atoms with E-state index in [4.69, 9.17) is 4.74 Å². The number of fused-ring (bicyclic) bond motifs is 1. The van der Waals surface area contributed by atoms with Gasteiger partial charge in [-0.3, -0.25) is 4.79 Å². The lowest BCUT2D eigenvalue weighted by Gasteiger charge is -2.27. The number of amides is 1. The average molecular weight is 406 g/mol. The third-order valence-corrected chi connectivity index (χ3v) is 4.77. The normalized spacial score (nSPS) is 14.7. The van der Waals surface area contributed by atoms with E-state index in [-0.39, 0.29) is 11.4 Å². The Morgan fingerprint density at radius 2 is 2.16 bits per heavy atom. The molecule has 130 valence electrons. The van der Waals surface area contributed by atoms with E-state index in [0.29, 0.717) is 31.9 Å². The van der Waals surface area contributed by atoms with Crippen LogP contribution in [0.3, 0.4) is 0 Å². The van der Waals surface area contributed by atoms with Gasteiger partial charge >= 0.3 is 0 Å². The molecule has 0 aromatic heterocycles. The molecule has 2 aromatic rings. The van der Waals surface area contributed by atoms with Gasteiger partial charge < -0.3 is 15.0 Å². The summed E-state index contributed by atoms with van der Waals surface area (Å²) in [4.78, 5) is 17.0. The highest BCUT2D eigenvalue weighted by molar-refractivity contribution is 9.10. The molecular formula is C18H17BrFN3O2. The summed E-state index contributed by atoms with van der Waals surface area (Å²) in [5.41, 5.74) is 2.57. The molecule has 1 amide bonds. The Kier molecular flexibility index (Phi) is 5.45. The molecule has 0 spiro atoms. The first-order valence-corrected chi connectivity index (χ1v) is 8.57. The van der Waals surface area contributed by atoms with Crippen molar-refractivity contribution in [1.29, 1.82) is 0 Å². The summed E-state index contributed by atoms with van der Waals surface area (Å²) in [5, 5.41) is 2.96. The number of ether oxygens (including phenoxy) is 1. The van der Waals surface area contributed by atoms with Gasteiger partial charge in [-0.05, 0) is 24.3 Å². The lowest BCUT2D eigenvalue weighted by molar-refractivity contribution is -0.106. The summed E-state index contributed by atoms with van der Waals surface area (Å²) < 4.78 is 21.2. The minimum atomic E-state index is -0.450. The number of aliphatic imine (C=N–C) groups is 1. The van der Waals surface area contributed by atoms with Gasteiger partial charge in [0.15, 0.2) is 0 Å². The van der Waals surface area contributed by atoms with E-state index in [1.165, 1.54) is 6.07 Å². The Bertz CT molecular complexity index is 826. The molecule has 1 aliphatic heterocycles. The number of hydrogen-bond acceptors (Lipinski definition) is 3. The smallest absolute Gasteiger partial charge is 0.234 e. The number of nitrogens with zero attached hydrogens (tertiary/aromatic N) is 2. The van der Waals surface area contributed by atoms with Gasteiger partial charge in [0.25, 0.3) is 0 Å². The molecule has 5 nitrogen and oxygen atoms in total. The largest absolute Gasteiger partial charge is 0.387 e. The van der Waals surface area contributed by atoms with Crippen LogP contribution in [0.2, 0.25) is 0 Å². The molecule has 2 aromatic carbocycles. The van der Waals surface area contributed by atoms with Crippen molar-refractivity contribution in [1.82, 2.24) is 0 Å². The first kappa shape index (κ1) is 17.6. The number of halogens is 2.